The molecule has 0 atom stereocenters. The van der Waals surface area contributed by atoms with Gasteiger partial charge in [0.2, 0.25) is 0 Å². The summed E-state index contributed by atoms with van der Waals surface area (Å²) in [6, 6.07) is 21.5. The quantitative estimate of drug-likeness (QED) is 0.225. The lowest BCUT2D eigenvalue weighted by atomic mass is 9.99. The monoisotopic (exact) mass is 437 g/mol. The van der Waals surface area contributed by atoms with Gasteiger partial charge in [-0.05, 0) is 30.7 Å². The summed E-state index contributed by atoms with van der Waals surface area (Å²) in [5.41, 5.74) is 6.25. The van der Waals surface area contributed by atoms with Crippen molar-refractivity contribution >= 4 is 34.2 Å². The summed E-state index contributed by atoms with van der Waals surface area (Å²) in [6.45, 7) is 1.96. The highest BCUT2D eigenvalue weighted by molar-refractivity contribution is 6.37. The van der Waals surface area contributed by atoms with Gasteiger partial charge in [0.05, 0.1) is 28.2 Å². The Morgan fingerprint density at radius 2 is 1.79 bits per heavy atom. The molecule has 162 valence electrons. The molecule has 8 nitrogen and oxygen atoms in total. The number of nitrogens with zero attached hydrogens (tertiary/aromatic N) is 2. The van der Waals surface area contributed by atoms with Crippen LogP contribution in [0, 0.1) is 17.0 Å². The minimum absolute atomic E-state index is 0.0751. The zero-order chi connectivity index (χ0) is 22.9. The van der Waals surface area contributed by atoms with E-state index < -0.39 is 4.92 Å². The maximum absolute atomic E-state index is 13.0. The first-order valence-electron chi connectivity index (χ1n) is 10.3. The van der Waals surface area contributed by atoms with Crippen LogP contribution in [0.5, 0.6) is 0 Å². The Hall–Kier alpha value is -4.72. The van der Waals surface area contributed by atoms with Crippen LogP contribution in [0.25, 0.3) is 22.5 Å². The van der Waals surface area contributed by atoms with Crippen molar-refractivity contribution in [2.75, 3.05) is 10.6 Å². The fourth-order valence-electron chi connectivity index (χ4n) is 3.91. The average molecular weight is 437 g/mol. The minimum atomic E-state index is -0.466. The smallest absolute Gasteiger partial charge is 0.270 e. The zero-order valence-electron chi connectivity index (χ0n) is 17.6. The van der Waals surface area contributed by atoms with Crippen LogP contribution in [0.1, 0.15) is 16.8 Å². The highest BCUT2D eigenvalue weighted by atomic mass is 16.6. The van der Waals surface area contributed by atoms with Gasteiger partial charge in [0.1, 0.15) is 0 Å². The molecule has 0 spiro atoms. The van der Waals surface area contributed by atoms with Crippen LogP contribution in [0.4, 0.5) is 17.1 Å². The number of anilines is 2. The molecule has 0 fully saturated rings. The van der Waals surface area contributed by atoms with E-state index in [-0.39, 0.29) is 11.6 Å². The number of rotatable bonds is 5. The largest absolute Gasteiger partial charge is 0.354 e. The Morgan fingerprint density at radius 3 is 2.45 bits per heavy atom. The molecule has 0 saturated carbocycles. The van der Waals surface area contributed by atoms with Crippen molar-refractivity contribution < 1.29 is 9.72 Å². The summed E-state index contributed by atoms with van der Waals surface area (Å²) in [5, 5.41) is 17.5. The van der Waals surface area contributed by atoms with E-state index in [2.05, 4.69) is 20.6 Å². The predicted octanol–water partition coefficient (Wildman–Crippen LogP) is 5.23. The van der Waals surface area contributed by atoms with E-state index in [4.69, 9.17) is 0 Å². The van der Waals surface area contributed by atoms with Gasteiger partial charge in [0.25, 0.3) is 11.6 Å². The standard InChI is InChI=1S/C25H19N5O3/c1-15-23(27-14-26-15)17-7-9-18(10-8-17)28-24(16-5-3-2-4-6-16)22-20-13-19(30(32)33)11-12-21(20)29-25(22)31/h2-14,28H,1H3,(H,26,27)(H,29,31)/b24-22-. The molecule has 3 N–H and O–H groups in total. The van der Waals surface area contributed by atoms with Gasteiger partial charge < -0.3 is 15.6 Å². The van der Waals surface area contributed by atoms with Gasteiger partial charge >= 0.3 is 0 Å². The Kier molecular flexibility index (Phi) is 4.95. The molecule has 4 aromatic rings. The van der Waals surface area contributed by atoms with E-state index in [1.165, 1.54) is 12.1 Å². The summed E-state index contributed by atoms with van der Waals surface area (Å²) in [6.07, 6.45) is 1.66. The number of H-pyrrole nitrogens is 1. The van der Waals surface area contributed by atoms with Gasteiger partial charge in [0, 0.05) is 40.3 Å². The summed E-state index contributed by atoms with van der Waals surface area (Å²) in [7, 11) is 0. The first-order chi connectivity index (χ1) is 16.0. The number of aryl methyl sites for hydroxylation is 1. The lowest BCUT2D eigenvalue weighted by molar-refractivity contribution is -0.384. The molecule has 0 saturated heterocycles. The van der Waals surface area contributed by atoms with Gasteiger partial charge in [-0.3, -0.25) is 14.9 Å². The first-order valence-corrected chi connectivity index (χ1v) is 10.3. The lowest BCUT2D eigenvalue weighted by Gasteiger charge is -2.15. The van der Waals surface area contributed by atoms with Gasteiger partial charge in [-0.1, -0.05) is 42.5 Å². The fraction of sp³-hybridized carbons (Fsp3) is 0.0400. The number of nitrogens with one attached hydrogen (secondary N) is 3. The van der Waals surface area contributed by atoms with Crippen molar-refractivity contribution in [3.8, 4) is 11.3 Å². The van der Waals surface area contributed by atoms with Crippen LogP contribution in [0.2, 0.25) is 0 Å². The number of nitro benzene ring substituents is 1. The number of nitro groups is 1. The maximum Gasteiger partial charge on any atom is 0.270 e. The second-order valence-corrected chi connectivity index (χ2v) is 7.64. The van der Waals surface area contributed by atoms with Crippen LogP contribution < -0.4 is 10.6 Å². The van der Waals surface area contributed by atoms with Crippen LogP contribution >= 0.6 is 0 Å². The Labute approximate surface area is 189 Å². The number of benzene rings is 3. The number of fused-ring (bicyclic) bond motifs is 1. The fourth-order valence-corrected chi connectivity index (χ4v) is 3.91. The molecule has 0 unspecified atom stereocenters. The van der Waals surface area contributed by atoms with Gasteiger partial charge in [-0.25, -0.2) is 4.98 Å². The third kappa shape index (κ3) is 3.74. The van der Waals surface area contributed by atoms with Crippen molar-refractivity contribution in [3.05, 3.63) is 106 Å². The van der Waals surface area contributed by atoms with Crippen molar-refractivity contribution in [2.45, 2.75) is 6.92 Å². The van der Waals surface area contributed by atoms with Crippen molar-refractivity contribution in [1.29, 1.82) is 0 Å². The summed E-state index contributed by atoms with van der Waals surface area (Å²) < 4.78 is 0. The minimum Gasteiger partial charge on any atom is -0.354 e. The van der Waals surface area contributed by atoms with E-state index in [0.29, 0.717) is 22.5 Å². The second-order valence-electron chi connectivity index (χ2n) is 7.64. The zero-order valence-corrected chi connectivity index (χ0v) is 17.6. The van der Waals surface area contributed by atoms with Crippen molar-refractivity contribution in [2.24, 2.45) is 0 Å². The van der Waals surface area contributed by atoms with Crippen LogP contribution in [0.3, 0.4) is 0 Å². The molecule has 0 aliphatic carbocycles. The third-order valence-corrected chi connectivity index (χ3v) is 5.53. The number of aromatic nitrogens is 2. The van der Waals surface area contributed by atoms with E-state index in [9.17, 15) is 14.9 Å². The molecule has 8 heteroatoms. The SMILES string of the molecule is Cc1[nH]cnc1-c1ccc(N/C(=C2\C(=O)Nc3ccc([N+](=O)[O-])cc32)c2ccccc2)cc1. The summed E-state index contributed by atoms with van der Waals surface area (Å²) >= 11 is 0. The summed E-state index contributed by atoms with van der Waals surface area (Å²) in [4.78, 5) is 31.3. The van der Waals surface area contributed by atoms with E-state index >= 15 is 0 Å². The molecule has 3 aromatic carbocycles. The number of carbonyl (C=O) groups is 1. The normalized spacial score (nSPS) is 13.9. The Balaban J connectivity index is 1.61. The second kappa shape index (κ2) is 8.08. The molecule has 1 amide bonds. The third-order valence-electron chi connectivity index (χ3n) is 5.53. The van der Waals surface area contributed by atoms with E-state index in [0.717, 1.165) is 28.2 Å². The molecule has 5 rings (SSSR count). The molecular formula is C25H19N5O3. The van der Waals surface area contributed by atoms with Gasteiger partial charge in [-0.2, -0.15) is 0 Å². The number of hydrogen-bond donors (Lipinski definition) is 3. The Bertz CT molecular complexity index is 1410. The van der Waals surface area contributed by atoms with E-state index in [1.54, 1.807) is 12.4 Å². The lowest BCUT2D eigenvalue weighted by Crippen LogP contribution is -2.10. The number of hydrogen-bond acceptors (Lipinski definition) is 5. The van der Waals surface area contributed by atoms with Crippen molar-refractivity contribution in [3.63, 3.8) is 0 Å². The summed E-state index contributed by atoms with van der Waals surface area (Å²) in [5.74, 6) is -0.319. The number of non-ortho nitro benzene ring substituents is 1. The van der Waals surface area contributed by atoms with Crippen LogP contribution in [-0.2, 0) is 4.79 Å². The Morgan fingerprint density at radius 1 is 1.03 bits per heavy atom. The van der Waals surface area contributed by atoms with Crippen molar-refractivity contribution in [1.82, 2.24) is 9.97 Å². The molecule has 2 heterocycles. The molecule has 1 aliphatic heterocycles. The number of carbonyl (C=O) groups excluding carboxylic acids is 1. The number of imidazole rings is 1. The average Bonchev–Trinajstić information content (AvgIpc) is 3.40. The van der Waals surface area contributed by atoms with Crippen LogP contribution in [-0.4, -0.2) is 20.8 Å². The molecule has 0 bridgehead atoms. The molecule has 1 aliphatic rings. The number of aromatic amines is 1. The highest BCUT2D eigenvalue weighted by Crippen LogP contribution is 2.39. The van der Waals surface area contributed by atoms with Gasteiger partial charge in [0.15, 0.2) is 0 Å². The highest BCUT2D eigenvalue weighted by Gasteiger charge is 2.30. The molecule has 0 radical (unpaired) electrons. The van der Waals surface area contributed by atoms with E-state index in [1.807, 2.05) is 61.5 Å². The number of amides is 1. The van der Waals surface area contributed by atoms with Gasteiger partial charge in [-0.15, -0.1) is 0 Å². The topological polar surface area (TPSA) is 113 Å². The molecular weight excluding hydrogens is 418 g/mol. The first kappa shape index (κ1) is 20.2. The predicted molar refractivity (Wildman–Crippen MR) is 127 cm³/mol. The molecule has 33 heavy (non-hydrogen) atoms. The van der Waals surface area contributed by atoms with Crippen LogP contribution in [0.15, 0.2) is 79.1 Å². The maximum atomic E-state index is 13.0. The molecule has 1 aromatic heterocycles.